The predicted octanol–water partition coefficient (Wildman–Crippen LogP) is 2.87. The highest BCUT2D eigenvalue weighted by Crippen LogP contribution is 2.31. The smallest absolute Gasteiger partial charge is 0.338 e. The predicted molar refractivity (Wildman–Crippen MR) is 159 cm³/mol. The summed E-state index contributed by atoms with van der Waals surface area (Å²) in [4.78, 5) is 48.2. The van der Waals surface area contributed by atoms with Gasteiger partial charge in [0, 0.05) is 32.9 Å². The Labute approximate surface area is 242 Å². The van der Waals surface area contributed by atoms with Crippen LogP contribution >= 0.6 is 11.3 Å². The summed E-state index contributed by atoms with van der Waals surface area (Å²) in [6.07, 6.45) is 3.89. The Hall–Kier alpha value is -4.18. The van der Waals surface area contributed by atoms with Crippen molar-refractivity contribution in [1.82, 2.24) is 9.47 Å². The molecule has 0 bridgehead atoms. The molecule has 1 amide bonds. The second kappa shape index (κ2) is 12.1. The van der Waals surface area contributed by atoms with Crippen LogP contribution in [0.25, 0.3) is 6.08 Å². The van der Waals surface area contributed by atoms with Crippen molar-refractivity contribution in [2.24, 2.45) is 4.99 Å². The molecule has 41 heavy (non-hydrogen) atoms. The van der Waals surface area contributed by atoms with E-state index in [0.717, 1.165) is 42.7 Å². The average molecular weight is 575 g/mol. The Kier molecular flexibility index (Phi) is 8.39. The van der Waals surface area contributed by atoms with Crippen LogP contribution in [0.5, 0.6) is 5.75 Å². The molecule has 5 rings (SSSR count). The SMILES string of the molecule is CCOC(=O)C1=C(C)N=c2s/c(=C/c3ccc(OCC(=O)N4CCCC4)cc3)c(=O)n2[C@H]1c1ccc(N(C)C)cc1. The van der Waals surface area contributed by atoms with Crippen molar-refractivity contribution >= 4 is 35.0 Å². The summed E-state index contributed by atoms with van der Waals surface area (Å²) in [7, 11) is 3.91. The minimum absolute atomic E-state index is 0.00363. The molecule has 3 aromatic rings. The van der Waals surface area contributed by atoms with E-state index in [9.17, 15) is 14.4 Å². The first kappa shape index (κ1) is 28.4. The fourth-order valence-electron chi connectivity index (χ4n) is 5.08. The number of rotatable bonds is 8. The molecular weight excluding hydrogens is 540 g/mol. The molecule has 1 aromatic heterocycles. The molecule has 1 saturated heterocycles. The van der Waals surface area contributed by atoms with E-state index in [2.05, 4.69) is 4.99 Å². The fraction of sp³-hybridized carbons (Fsp3) is 0.355. The number of nitrogens with zero attached hydrogens (tertiary/aromatic N) is 4. The number of likely N-dealkylation sites (tertiary alicyclic amines) is 1. The third-order valence-corrected chi connectivity index (χ3v) is 8.22. The topological polar surface area (TPSA) is 93.4 Å². The highest BCUT2D eigenvalue weighted by Gasteiger charge is 2.33. The van der Waals surface area contributed by atoms with Crippen LogP contribution in [0.4, 0.5) is 5.69 Å². The lowest BCUT2D eigenvalue weighted by Gasteiger charge is -2.25. The number of hydrogen-bond acceptors (Lipinski definition) is 8. The molecule has 0 radical (unpaired) electrons. The molecule has 0 N–H and O–H groups in total. The lowest BCUT2D eigenvalue weighted by molar-refractivity contribution is -0.139. The van der Waals surface area contributed by atoms with Gasteiger partial charge in [-0.1, -0.05) is 35.6 Å². The van der Waals surface area contributed by atoms with Gasteiger partial charge in [-0.3, -0.25) is 14.2 Å². The number of carbonyl (C=O) groups is 2. The number of amides is 1. The van der Waals surface area contributed by atoms with Gasteiger partial charge in [-0.2, -0.15) is 0 Å². The third-order valence-electron chi connectivity index (χ3n) is 7.24. The van der Waals surface area contributed by atoms with Crippen LogP contribution in [0.3, 0.4) is 0 Å². The fourth-order valence-corrected chi connectivity index (χ4v) is 6.12. The summed E-state index contributed by atoms with van der Waals surface area (Å²) in [6, 6.07) is 14.4. The van der Waals surface area contributed by atoms with Crippen LogP contribution in [-0.2, 0) is 14.3 Å². The molecule has 2 aliphatic heterocycles. The number of thiazole rings is 1. The first-order valence-corrected chi connectivity index (χ1v) is 14.6. The van der Waals surface area contributed by atoms with Gasteiger partial charge in [0.2, 0.25) is 0 Å². The van der Waals surface area contributed by atoms with Gasteiger partial charge in [-0.15, -0.1) is 0 Å². The van der Waals surface area contributed by atoms with Gasteiger partial charge >= 0.3 is 5.97 Å². The van der Waals surface area contributed by atoms with Crippen molar-refractivity contribution in [2.75, 3.05) is 45.3 Å². The molecule has 1 fully saturated rings. The lowest BCUT2D eigenvalue weighted by atomic mass is 9.95. The molecule has 3 heterocycles. The Morgan fingerprint density at radius 3 is 2.39 bits per heavy atom. The summed E-state index contributed by atoms with van der Waals surface area (Å²) >= 11 is 1.28. The molecule has 1 atom stereocenters. The van der Waals surface area contributed by atoms with Gasteiger partial charge in [0.15, 0.2) is 11.4 Å². The number of carbonyl (C=O) groups excluding carboxylic acids is 2. The maximum Gasteiger partial charge on any atom is 0.338 e. The van der Waals surface area contributed by atoms with Crippen LogP contribution in [-0.4, -0.2) is 61.7 Å². The van der Waals surface area contributed by atoms with Crippen molar-refractivity contribution in [2.45, 2.75) is 32.7 Å². The number of fused-ring (bicyclic) bond motifs is 1. The molecule has 214 valence electrons. The van der Waals surface area contributed by atoms with Crippen molar-refractivity contribution < 1.29 is 19.1 Å². The van der Waals surface area contributed by atoms with Crippen molar-refractivity contribution in [3.63, 3.8) is 0 Å². The summed E-state index contributed by atoms with van der Waals surface area (Å²) < 4.78 is 13.1. The highest BCUT2D eigenvalue weighted by molar-refractivity contribution is 7.07. The van der Waals surface area contributed by atoms with Gasteiger partial charge in [-0.05, 0) is 68.2 Å². The molecule has 2 aromatic carbocycles. The second-order valence-electron chi connectivity index (χ2n) is 10.2. The van der Waals surface area contributed by atoms with E-state index in [-0.39, 0.29) is 24.7 Å². The Morgan fingerprint density at radius 1 is 1.07 bits per heavy atom. The molecule has 2 aliphatic rings. The number of anilines is 1. The van der Waals surface area contributed by atoms with Gasteiger partial charge in [-0.25, -0.2) is 9.79 Å². The summed E-state index contributed by atoms with van der Waals surface area (Å²) in [5.41, 5.74) is 3.26. The van der Waals surface area contributed by atoms with Crippen LogP contribution < -0.4 is 24.5 Å². The monoisotopic (exact) mass is 574 g/mol. The molecule has 10 heteroatoms. The van der Waals surface area contributed by atoms with Crippen molar-refractivity contribution in [3.05, 3.63) is 90.6 Å². The van der Waals surface area contributed by atoms with Gasteiger partial charge < -0.3 is 19.3 Å². The molecule has 0 aliphatic carbocycles. The summed E-state index contributed by atoms with van der Waals surface area (Å²) in [5.74, 6) is 0.103. The van der Waals surface area contributed by atoms with Crippen LogP contribution in [0, 0.1) is 0 Å². The van der Waals surface area contributed by atoms with Crippen LogP contribution in [0.15, 0.2) is 69.6 Å². The first-order chi connectivity index (χ1) is 19.8. The normalized spacial score (nSPS) is 16.8. The van der Waals surface area contributed by atoms with E-state index < -0.39 is 12.0 Å². The van der Waals surface area contributed by atoms with E-state index in [1.807, 2.05) is 60.3 Å². The molecule has 0 unspecified atom stereocenters. The molecule has 0 spiro atoms. The van der Waals surface area contributed by atoms with Gasteiger partial charge in [0.25, 0.3) is 11.5 Å². The number of hydrogen-bond donors (Lipinski definition) is 0. The number of aromatic nitrogens is 1. The number of ether oxygens (including phenoxy) is 2. The molecule has 0 saturated carbocycles. The first-order valence-electron chi connectivity index (χ1n) is 13.7. The zero-order valence-corrected chi connectivity index (χ0v) is 24.6. The Balaban J connectivity index is 1.47. The summed E-state index contributed by atoms with van der Waals surface area (Å²) in [5, 5.41) is 0. The van der Waals surface area contributed by atoms with Gasteiger partial charge in [0.05, 0.1) is 28.5 Å². The molecular formula is C31H34N4O5S. The molecule has 9 nitrogen and oxygen atoms in total. The van der Waals surface area contributed by atoms with E-state index in [4.69, 9.17) is 9.47 Å². The third kappa shape index (κ3) is 5.97. The number of esters is 1. The number of allylic oxidation sites excluding steroid dienone is 1. The Bertz CT molecular complexity index is 1650. The largest absolute Gasteiger partial charge is 0.484 e. The maximum atomic E-state index is 13.8. The van der Waals surface area contributed by atoms with Gasteiger partial charge in [0.1, 0.15) is 5.75 Å². The van der Waals surface area contributed by atoms with E-state index in [0.29, 0.717) is 26.4 Å². The number of benzene rings is 2. The zero-order valence-electron chi connectivity index (χ0n) is 23.8. The van der Waals surface area contributed by atoms with Crippen LogP contribution in [0.2, 0.25) is 0 Å². The minimum atomic E-state index is -0.660. The van der Waals surface area contributed by atoms with E-state index in [1.54, 1.807) is 36.6 Å². The Morgan fingerprint density at radius 2 is 1.76 bits per heavy atom. The van der Waals surface area contributed by atoms with Crippen LogP contribution in [0.1, 0.15) is 43.9 Å². The van der Waals surface area contributed by atoms with E-state index in [1.165, 1.54) is 11.3 Å². The zero-order chi connectivity index (χ0) is 29.1. The van der Waals surface area contributed by atoms with Crippen molar-refractivity contribution in [1.29, 1.82) is 0 Å². The lowest BCUT2D eigenvalue weighted by Crippen LogP contribution is -2.39. The second-order valence-corrected chi connectivity index (χ2v) is 11.2. The van der Waals surface area contributed by atoms with E-state index >= 15 is 0 Å². The minimum Gasteiger partial charge on any atom is -0.484 e. The summed E-state index contributed by atoms with van der Waals surface area (Å²) in [6.45, 7) is 5.35. The quantitative estimate of drug-likeness (QED) is 0.384. The highest BCUT2D eigenvalue weighted by atomic mass is 32.1. The van der Waals surface area contributed by atoms with Crippen molar-refractivity contribution in [3.8, 4) is 5.75 Å². The maximum absolute atomic E-state index is 13.8. The average Bonchev–Trinajstić information content (AvgIpc) is 3.60. The standard InChI is InChI=1S/C31H34N4O5S/c1-5-39-30(38)27-20(2)32-31-35(28(27)22-10-12-23(13-11-22)33(3)4)29(37)25(41-31)18-21-8-14-24(15-9-21)40-19-26(36)34-16-6-7-17-34/h8-15,18,28H,5-7,16-17,19H2,1-4H3/b25-18+/t28-/m0/s1.